The van der Waals surface area contributed by atoms with Crippen molar-refractivity contribution in [1.29, 1.82) is 0 Å². The number of hydrogen-bond acceptors (Lipinski definition) is 4. The van der Waals surface area contributed by atoms with Gasteiger partial charge in [-0.25, -0.2) is 17.5 Å². The Kier molecular flexibility index (Phi) is 5.54. The number of carboxylic acid groups (broad SMARTS) is 1. The first-order valence-electron chi connectivity index (χ1n) is 6.67. The van der Waals surface area contributed by atoms with E-state index in [1.165, 1.54) is 17.8 Å². The summed E-state index contributed by atoms with van der Waals surface area (Å²) in [5.41, 5.74) is -0.0625. The molecule has 1 heterocycles. The largest absolute Gasteiger partial charge is 0.477 e. The highest BCUT2D eigenvalue weighted by Crippen LogP contribution is 2.21. The Morgan fingerprint density at radius 2 is 1.95 bits per heavy atom. The number of aromatic carboxylic acids is 1. The maximum absolute atomic E-state index is 12.4. The van der Waals surface area contributed by atoms with E-state index in [0.717, 1.165) is 10.4 Å². The van der Waals surface area contributed by atoms with Crippen LogP contribution in [-0.4, -0.2) is 53.2 Å². The molecule has 0 aliphatic rings. The van der Waals surface area contributed by atoms with Gasteiger partial charge in [0.25, 0.3) is 0 Å². The van der Waals surface area contributed by atoms with E-state index in [2.05, 4.69) is 0 Å². The SMILES string of the molecule is CC(O)CCN(C)S(=O)(=O)c1cc(C(=O)O)n(C(C)C)c1. The van der Waals surface area contributed by atoms with Gasteiger partial charge in [0, 0.05) is 25.8 Å². The molecule has 0 saturated carbocycles. The molecule has 0 fully saturated rings. The third-order valence-electron chi connectivity index (χ3n) is 3.17. The van der Waals surface area contributed by atoms with Gasteiger partial charge in [0.1, 0.15) is 10.6 Å². The summed E-state index contributed by atoms with van der Waals surface area (Å²) in [7, 11) is -2.36. The molecule has 0 spiro atoms. The second-order valence-corrected chi connectivity index (χ2v) is 7.38. The molecule has 0 aliphatic heterocycles. The van der Waals surface area contributed by atoms with Gasteiger partial charge in [-0.15, -0.1) is 0 Å². The Morgan fingerprint density at radius 1 is 1.38 bits per heavy atom. The Bertz CT molecular complexity index is 604. The molecule has 0 radical (unpaired) electrons. The molecule has 0 bridgehead atoms. The number of carboxylic acids is 1. The van der Waals surface area contributed by atoms with Gasteiger partial charge in [-0.3, -0.25) is 0 Å². The van der Waals surface area contributed by atoms with E-state index >= 15 is 0 Å². The van der Waals surface area contributed by atoms with Gasteiger partial charge in [0.2, 0.25) is 10.0 Å². The number of rotatable bonds is 7. The quantitative estimate of drug-likeness (QED) is 0.786. The molecule has 1 aromatic rings. The van der Waals surface area contributed by atoms with Crippen LogP contribution < -0.4 is 0 Å². The summed E-state index contributed by atoms with van der Waals surface area (Å²) in [6.07, 6.45) is 1.05. The van der Waals surface area contributed by atoms with Crippen molar-refractivity contribution in [2.75, 3.05) is 13.6 Å². The highest BCUT2D eigenvalue weighted by Gasteiger charge is 2.26. The van der Waals surface area contributed by atoms with Gasteiger partial charge in [-0.2, -0.15) is 0 Å². The minimum absolute atomic E-state index is 0.0540. The van der Waals surface area contributed by atoms with E-state index in [0.29, 0.717) is 6.42 Å². The number of aliphatic hydroxyl groups excluding tert-OH is 1. The van der Waals surface area contributed by atoms with Gasteiger partial charge < -0.3 is 14.8 Å². The van der Waals surface area contributed by atoms with Crippen molar-refractivity contribution < 1.29 is 23.4 Å². The van der Waals surface area contributed by atoms with E-state index in [1.807, 2.05) is 0 Å². The van der Waals surface area contributed by atoms with Crippen molar-refractivity contribution in [2.45, 2.75) is 44.2 Å². The lowest BCUT2D eigenvalue weighted by molar-refractivity contribution is 0.0683. The second kappa shape index (κ2) is 6.59. The Hall–Kier alpha value is -1.38. The fourth-order valence-electron chi connectivity index (χ4n) is 1.86. The molecule has 0 aromatic carbocycles. The maximum atomic E-state index is 12.4. The zero-order chi connectivity index (χ0) is 16.4. The fraction of sp³-hybridized carbons (Fsp3) is 0.615. The predicted octanol–water partition coefficient (Wildman–Crippen LogP) is 1.16. The van der Waals surface area contributed by atoms with Crippen molar-refractivity contribution in [3.63, 3.8) is 0 Å². The highest BCUT2D eigenvalue weighted by molar-refractivity contribution is 7.89. The molecular weight excluding hydrogens is 296 g/mol. The van der Waals surface area contributed by atoms with Crippen molar-refractivity contribution in [2.24, 2.45) is 0 Å². The first-order chi connectivity index (χ1) is 9.57. The number of sulfonamides is 1. The first kappa shape index (κ1) is 17.7. The van der Waals surface area contributed by atoms with Crippen LogP contribution in [0.4, 0.5) is 0 Å². The van der Waals surface area contributed by atoms with Crippen LogP contribution in [0.3, 0.4) is 0 Å². The number of hydrogen-bond donors (Lipinski definition) is 2. The van der Waals surface area contributed by atoms with Crippen LogP contribution in [0.15, 0.2) is 17.2 Å². The molecule has 2 N–H and O–H groups in total. The lowest BCUT2D eigenvalue weighted by atomic mass is 10.3. The Morgan fingerprint density at radius 3 is 2.33 bits per heavy atom. The lowest BCUT2D eigenvalue weighted by Gasteiger charge is -2.17. The summed E-state index contributed by atoms with van der Waals surface area (Å²) in [6.45, 7) is 5.30. The van der Waals surface area contributed by atoms with Crippen LogP contribution in [0.2, 0.25) is 0 Å². The molecule has 0 aliphatic carbocycles. The van der Waals surface area contributed by atoms with E-state index in [1.54, 1.807) is 20.8 Å². The van der Waals surface area contributed by atoms with Crippen LogP contribution in [0.5, 0.6) is 0 Å². The monoisotopic (exact) mass is 318 g/mol. The standard InChI is InChI=1S/C13H22N2O5S/c1-9(2)15-8-11(7-12(15)13(17)18)21(19,20)14(4)6-5-10(3)16/h7-10,16H,5-6H2,1-4H3,(H,17,18). The smallest absolute Gasteiger partial charge is 0.352 e. The van der Waals surface area contributed by atoms with Gasteiger partial charge in [0.05, 0.1) is 6.10 Å². The molecule has 0 saturated heterocycles. The Labute approximate surface area is 124 Å². The summed E-state index contributed by atoms with van der Waals surface area (Å²) < 4.78 is 27.3. The number of carbonyl (C=O) groups is 1. The van der Waals surface area contributed by atoms with Gasteiger partial charge in [-0.1, -0.05) is 0 Å². The molecule has 120 valence electrons. The molecule has 8 heteroatoms. The first-order valence-corrected chi connectivity index (χ1v) is 8.11. The minimum Gasteiger partial charge on any atom is -0.477 e. The van der Waals surface area contributed by atoms with Gasteiger partial charge in [-0.05, 0) is 33.3 Å². The molecular formula is C13H22N2O5S. The average molecular weight is 318 g/mol. The lowest BCUT2D eigenvalue weighted by Crippen LogP contribution is -2.29. The highest BCUT2D eigenvalue weighted by atomic mass is 32.2. The average Bonchev–Trinajstić information content (AvgIpc) is 2.81. The fourth-order valence-corrected chi connectivity index (χ4v) is 3.08. The van der Waals surface area contributed by atoms with E-state index < -0.39 is 22.1 Å². The van der Waals surface area contributed by atoms with Crippen LogP contribution in [0, 0.1) is 0 Å². The Balaban J connectivity index is 3.14. The van der Waals surface area contributed by atoms with Gasteiger partial charge in [0.15, 0.2) is 0 Å². The topological polar surface area (TPSA) is 99.8 Å². The molecule has 21 heavy (non-hydrogen) atoms. The zero-order valence-corrected chi connectivity index (χ0v) is 13.5. The maximum Gasteiger partial charge on any atom is 0.352 e. The van der Waals surface area contributed by atoms with E-state index in [-0.39, 0.29) is 23.2 Å². The summed E-state index contributed by atoms with van der Waals surface area (Å²) in [5.74, 6) is -1.17. The summed E-state index contributed by atoms with van der Waals surface area (Å²) in [4.78, 5) is 11.1. The molecule has 7 nitrogen and oxygen atoms in total. The summed E-state index contributed by atoms with van der Waals surface area (Å²) in [6, 6.07) is 0.999. The number of aromatic nitrogens is 1. The number of aliphatic hydroxyl groups is 1. The van der Waals surface area contributed by atoms with Crippen molar-refractivity contribution in [3.05, 3.63) is 18.0 Å². The molecule has 1 atom stereocenters. The summed E-state index contributed by atoms with van der Waals surface area (Å²) >= 11 is 0. The van der Waals surface area contributed by atoms with Crippen LogP contribution in [0.25, 0.3) is 0 Å². The number of nitrogens with zero attached hydrogens (tertiary/aromatic N) is 2. The van der Waals surface area contributed by atoms with Crippen LogP contribution in [0.1, 0.15) is 43.7 Å². The van der Waals surface area contributed by atoms with Crippen molar-refractivity contribution in [1.82, 2.24) is 8.87 Å². The predicted molar refractivity (Wildman–Crippen MR) is 77.9 cm³/mol. The minimum atomic E-state index is -3.77. The third-order valence-corrected chi connectivity index (χ3v) is 4.99. The van der Waals surface area contributed by atoms with Crippen LogP contribution >= 0.6 is 0 Å². The molecule has 1 rings (SSSR count). The van der Waals surface area contributed by atoms with Crippen molar-refractivity contribution in [3.8, 4) is 0 Å². The molecule has 1 aromatic heterocycles. The second-order valence-electron chi connectivity index (χ2n) is 5.33. The molecule has 0 amide bonds. The van der Waals surface area contributed by atoms with E-state index in [9.17, 15) is 18.3 Å². The van der Waals surface area contributed by atoms with Crippen LogP contribution in [-0.2, 0) is 10.0 Å². The normalized spacial score (nSPS) is 13.9. The van der Waals surface area contributed by atoms with Gasteiger partial charge >= 0.3 is 5.97 Å². The third kappa shape index (κ3) is 4.05. The van der Waals surface area contributed by atoms with Crippen molar-refractivity contribution >= 4 is 16.0 Å². The summed E-state index contributed by atoms with van der Waals surface area (Å²) in [5, 5.41) is 18.4. The van der Waals surface area contributed by atoms with E-state index in [4.69, 9.17) is 5.11 Å². The zero-order valence-electron chi connectivity index (χ0n) is 12.6. The molecule has 1 unspecified atom stereocenters.